The quantitative estimate of drug-likeness (QED) is 0.236. The van der Waals surface area contributed by atoms with E-state index < -0.39 is 17.6 Å². The monoisotopic (exact) mass is 482 g/mol. The summed E-state index contributed by atoms with van der Waals surface area (Å²) in [5.74, 6) is 1.27. The van der Waals surface area contributed by atoms with Crippen molar-refractivity contribution in [2.45, 2.75) is 74.3 Å². The summed E-state index contributed by atoms with van der Waals surface area (Å²) >= 11 is 2.58. The lowest BCUT2D eigenvalue weighted by atomic mass is 9.70. The molecule has 0 amide bonds. The van der Waals surface area contributed by atoms with Crippen LogP contribution < -0.4 is 0 Å². The van der Waals surface area contributed by atoms with Crippen molar-refractivity contribution in [3.63, 3.8) is 0 Å². The predicted octanol–water partition coefficient (Wildman–Crippen LogP) is 7.58. The van der Waals surface area contributed by atoms with Gasteiger partial charge in [-0.1, -0.05) is 41.5 Å². The van der Waals surface area contributed by atoms with Crippen molar-refractivity contribution in [1.29, 1.82) is 0 Å². The Kier molecular flexibility index (Phi) is 6.89. The second kappa shape index (κ2) is 8.78. The predicted molar refractivity (Wildman–Crippen MR) is 105 cm³/mol. The van der Waals surface area contributed by atoms with Crippen molar-refractivity contribution < 1.29 is 17.6 Å². The van der Waals surface area contributed by atoms with Gasteiger partial charge in [-0.25, -0.2) is 4.39 Å². The van der Waals surface area contributed by atoms with Gasteiger partial charge in [0, 0.05) is 3.92 Å². The molecule has 1 aromatic carbocycles. The Balaban J connectivity index is 1.45. The molecule has 2 fully saturated rings. The highest BCUT2D eigenvalue weighted by molar-refractivity contribution is 14.1. The van der Waals surface area contributed by atoms with Crippen LogP contribution in [0, 0.1) is 23.6 Å². The first-order chi connectivity index (χ1) is 12.3. The third-order valence-corrected chi connectivity index (χ3v) is 7.69. The molecule has 0 unspecified atom stereocenters. The fourth-order valence-corrected chi connectivity index (χ4v) is 5.53. The normalized spacial score (nSPS) is 30.3. The molecular weight excluding hydrogens is 455 g/mol. The van der Waals surface area contributed by atoms with Gasteiger partial charge in [0.05, 0.1) is 5.56 Å². The van der Waals surface area contributed by atoms with Gasteiger partial charge in [0.25, 0.3) is 0 Å². The first kappa shape index (κ1) is 20.4. The molecule has 0 N–H and O–H groups in total. The zero-order valence-corrected chi connectivity index (χ0v) is 17.2. The van der Waals surface area contributed by atoms with Crippen molar-refractivity contribution in [2.24, 2.45) is 17.8 Å². The highest BCUT2D eigenvalue weighted by atomic mass is 127. The SMILES string of the molecule is Fc1cc(CCC2CCC(C3CCC(I)CC3)CC2)ccc1C(F)(F)F. The van der Waals surface area contributed by atoms with E-state index in [1.807, 2.05) is 0 Å². The van der Waals surface area contributed by atoms with Crippen molar-refractivity contribution >= 4 is 22.6 Å². The molecule has 2 saturated carbocycles. The van der Waals surface area contributed by atoms with Crippen LogP contribution in [0.2, 0.25) is 0 Å². The summed E-state index contributed by atoms with van der Waals surface area (Å²) in [6.45, 7) is 0. The maximum atomic E-state index is 13.7. The van der Waals surface area contributed by atoms with Gasteiger partial charge in [-0.15, -0.1) is 0 Å². The lowest BCUT2D eigenvalue weighted by Gasteiger charge is -2.37. The minimum Gasteiger partial charge on any atom is -0.206 e. The molecule has 2 aliphatic carbocycles. The van der Waals surface area contributed by atoms with Crippen LogP contribution in [-0.2, 0) is 12.6 Å². The number of aryl methyl sites for hydroxylation is 1. The third kappa shape index (κ3) is 5.35. The second-order valence-electron chi connectivity index (χ2n) is 8.14. The molecule has 0 aromatic heterocycles. The van der Waals surface area contributed by atoms with Crippen LogP contribution in [0.4, 0.5) is 17.6 Å². The molecule has 2 aliphatic rings. The van der Waals surface area contributed by atoms with Crippen LogP contribution in [-0.4, -0.2) is 3.92 Å². The van der Waals surface area contributed by atoms with Crippen molar-refractivity contribution in [3.8, 4) is 0 Å². The Labute approximate surface area is 167 Å². The van der Waals surface area contributed by atoms with E-state index in [0.29, 0.717) is 17.9 Å². The summed E-state index contributed by atoms with van der Waals surface area (Å²) in [6, 6.07) is 3.38. The highest BCUT2D eigenvalue weighted by Crippen LogP contribution is 2.42. The van der Waals surface area contributed by atoms with Crippen LogP contribution >= 0.6 is 22.6 Å². The molecule has 0 saturated heterocycles. The molecular formula is C21H27F4I. The summed E-state index contributed by atoms with van der Waals surface area (Å²) in [5, 5.41) is 0. The van der Waals surface area contributed by atoms with Crippen LogP contribution in [0.1, 0.15) is 68.9 Å². The van der Waals surface area contributed by atoms with E-state index in [1.165, 1.54) is 57.4 Å². The van der Waals surface area contributed by atoms with Crippen LogP contribution in [0.3, 0.4) is 0 Å². The molecule has 0 atom stereocenters. The largest absolute Gasteiger partial charge is 0.419 e. The Hall–Kier alpha value is -0.330. The Morgan fingerprint density at radius 3 is 2.00 bits per heavy atom. The lowest BCUT2D eigenvalue weighted by molar-refractivity contribution is -0.140. The van der Waals surface area contributed by atoms with Gasteiger partial charge in [0.15, 0.2) is 0 Å². The summed E-state index contributed by atoms with van der Waals surface area (Å²) < 4.78 is 52.4. The van der Waals surface area contributed by atoms with Crippen LogP contribution in [0.25, 0.3) is 0 Å². The minimum absolute atomic E-state index is 0.637. The van der Waals surface area contributed by atoms with E-state index in [1.54, 1.807) is 0 Å². The first-order valence-electron chi connectivity index (χ1n) is 9.82. The fourth-order valence-electron chi connectivity index (χ4n) is 4.81. The molecule has 0 spiro atoms. The Bertz CT molecular complexity index is 582. The first-order valence-corrected chi connectivity index (χ1v) is 11.1. The van der Waals surface area contributed by atoms with Gasteiger partial charge >= 0.3 is 6.18 Å². The molecule has 26 heavy (non-hydrogen) atoms. The zero-order chi connectivity index (χ0) is 18.7. The standard InChI is InChI=1S/C21H27F4I/c22-20-13-15(5-12-19(20)21(23,24)25)2-1-14-3-6-16(7-4-14)17-8-10-18(26)11-9-17/h5,12-14,16-18H,1-4,6-11H2. The maximum Gasteiger partial charge on any atom is 0.419 e. The van der Waals surface area contributed by atoms with Gasteiger partial charge in [-0.2, -0.15) is 13.2 Å². The molecule has 0 radical (unpaired) electrons. The summed E-state index contributed by atoms with van der Waals surface area (Å²) in [4.78, 5) is 0. The average molecular weight is 482 g/mol. The van der Waals surface area contributed by atoms with Gasteiger partial charge < -0.3 is 0 Å². The number of halogens is 5. The second-order valence-corrected chi connectivity index (χ2v) is 9.91. The molecule has 0 heterocycles. The molecule has 3 rings (SSSR count). The van der Waals surface area contributed by atoms with Crippen LogP contribution in [0.15, 0.2) is 18.2 Å². The van der Waals surface area contributed by atoms with Gasteiger partial charge in [-0.3, -0.25) is 0 Å². The summed E-state index contributed by atoms with van der Waals surface area (Å²) in [6.07, 6.45) is 7.54. The molecule has 0 nitrogen and oxygen atoms in total. The highest BCUT2D eigenvalue weighted by Gasteiger charge is 2.34. The molecule has 1 aromatic rings. The smallest absolute Gasteiger partial charge is 0.206 e. The molecule has 0 bridgehead atoms. The Morgan fingerprint density at radius 2 is 1.46 bits per heavy atom. The van der Waals surface area contributed by atoms with Gasteiger partial charge in [0.1, 0.15) is 5.82 Å². The molecule has 146 valence electrons. The van der Waals surface area contributed by atoms with Crippen LogP contribution in [0.5, 0.6) is 0 Å². The number of benzene rings is 1. The lowest BCUT2D eigenvalue weighted by Crippen LogP contribution is -2.26. The van der Waals surface area contributed by atoms with E-state index in [0.717, 1.165) is 34.3 Å². The van der Waals surface area contributed by atoms with E-state index in [-0.39, 0.29) is 0 Å². The van der Waals surface area contributed by atoms with Crippen molar-refractivity contribution in [2.75, 3.05) is 0 Å². The summed E-state index contributed by atoms with van der Waals surface area (Å²) in [5.41, 5.74) is -0.485. The summed E-state index contributed by atoms with van der Waals surface area (Å²) in [7, 11) is 0. The van der Waals surface area contributed by atoms with E-state index in [9.17, 15) is 17.6 Å². The van der Waals surface area contributed by atoms with Crippen molar-refractivity contribution in [1.82, 2.24) is 0 Å². The minimum atomic E-state index is -4.61. The molecule has 0 aliphatic heterocycles. The zero-order valence-electron chi connectivity index (χ0n) is 15.0. The van der Waals surface area contributed by atoms with Gasteiger partial charge in [0.2, 0.25) is 0 Å². The maximum absolute atomic E-state index is 13.7. The third-order valence-electron chi connectivity index (χ3n) is 6.44. The molecule has 5 heteroatoms. The Morgan fingerprint density at radius 1 is 0.885 bits per heavy atom. The number of hydrogen-bond donors (Lipinski definition) is 0. The topological polar surface area (TPSA) is 0 Å². The number of rotatable bonds is 4. The van der Waals surface area contributed by atoms with E-state index >= 15 is 0 Å². The fraction of sp³-hybridized carbons (Fsp3) is 0.714. The number of hydrogen-bond acceptors (Lipinski definition) is 0. The van der Waals surface area contributed by atoms with Gasteiger partial charge in [-0.05, 0) is 86.8 Å². The van der Waals surface area contributed by atoms with E-state index in [2.05, 4.69) is 22.6 Å². The van der Waals surface area contributed by atoms with Crippen molar-refractivity contribution in [3.05, 3.63) is 35.1 Å². The average Bonchev–Trinajstić information content (AvgIpc) is 2.60. The van der Waals surface area contributed by atoms with E-state index in [4.69, 9.17) is 0 Å². The number of alkyl halides is 4.